The van der Waals surface area contributed by atoms with Gasteiger partial charge in [0.2, 0.25) is 0 Å². The number of ether oxygens (including phenoxy) is 1. The van der Waals surface area contributed by atoms with Gasteiger partial charge in [-0.1, -0.05) is 6.07 Å². The predicted octanol–water partition coefficient (Wildman–Crippen LogP) is 2.85. The Bertz CT molecular complexity index is 362. The van der Waals surface area contributed by atoms with Crippen molar-refractivity contribution < 1.29 is 4.74 Å². The minimum absolute atomic E-state index is 0.0989. The lowest BCUT2D eigenvalue weighted by Crippen LogP contribution is -2.37. The molecule has 1 atom stereocenters. The molecule has 0 saturated heterocycles. The van der Waals surface area contributed by atoms with E-state index in [-0.39, 0.29) is 11.6 Å². The lowest BCUT2D eigenvalue weighted by Gasteiger charge is -2.36. The summed E-state index contributed by atoms with van der Waals surface area (Å²) in [6.45, 7) is 4.16. The summed E-state index contributed by atoms with van der Waals surface area (Å²) in [6.07, 6.45) is 0.875. The summed E-state index contributed by atoms with van der Waals surface area (Å²) in [7, 11) is 0. The number of halogens is 1. The van der Waals surface area contributed by atoms with Gasteiger partial charge < -0.3 is 10.5 Å². The fraction of sp³-hybridized carbons (Fsp3) is 0.455. The smallest absolute Gasteiger partial charge is 0.125 e. The van der Waals surface area contributed by atoms with E-state index in [1.807, 2.05) is 12.1 Å². The number of hydrogen-bond acceptors (Lipinski definition) is 2. The van der Waals surface area contributed by atoms with Gasteiger partial charge in [-0.3, -0.25) is 0 Å². The molecule has 0 fully saturated rings. The molecular weight excluding hydrogens is 289 g/mol. The largest absolute Gasteiger partial charge is 0.487 e. The summed E-state index contributed by atoms with van der Waals surface area (Å²) in [6, 6.07) is 6.18. The Morgan fingerprint density at radius 1 is 1.50 bits per heavy atom. The van der Waals surface area contributed by atoms with Gasteiger partial charge in [0, 0.05) is 21.6 Å². The molecule has 14 heavy (non-hydrogen) atoms. The van der Waals surface area contributed by atoms with Crippen LogP contribution in [0.25, 0.3) is 0 Å². The SMILES string of the molecule is CC1(C)C[C@@H](N)c2c(I)cccc2O1. The number of benzene rings is 1. The van der Waals surface area contributed by atoms with Crippen molar-refractivity contribution in [2.45, 2.75) is 31.9 Å². The lowest BCUT2D eigenvalue weighted by atomic mass is 9.90. The van der Waals surface area contributed by atoms with Gasteiger partial charge in [-0.25, -0.2) is 0 Å². The maximum absolute atomic E-state index is 6.14. The number of nitrogens with two attached hydrogens (primary N) is 1. The van der Waals surface area contributed by atoms with Crippen molar-refractivity contribution in [1.82, 2.24) is 0 Å². The molecule has 0 amide bonds. The third-order valence-corrected chi connectivity index (χ3v) is 3.42. The van der Waals surface area contributed by atoms with Gasteiger partial charge >= 0.3 is 0 Å². The van der Waals surface area contributed by atoms with Crippen molar-refractivity contribution in [1.29, 1.82) is 0 Å². The van der Waals surface area contributed by atoms with Gasteiger partial charge in [-0.15, -0.1) is 0 Å². The van der Waals surface area contributed by atoms with Crippen LogP contribution in [-0.4, -0.2) is 5.60 Å². The fourth-order valence-electron chi connectivity index (χ4n) is 1.94. The highest BCUT2D eigenvalue weighted by atomic mass is 127. The molecule has 3 heteroatoms. The lowest BCUT2D eigenvalue weighted by molar-refractivity contribution is 0.0725. The van der Waals surface area contributed by atoms with Crippen LogP contribution >= 0.6 is 22.6 Å². The van der Waals surface area contributed by atoms with E-state index >= 15 is 0 Å². The second kappa shape index (κ2) is 3.38. The van der Waals surface area contributed by atoms with Crippen LogP contribution in [0.2, 0.25) is 0 Å². The van der Waals surface area contributed by atoms with Crippen LogP contribution in [0, 0.1) is 3.57 Å². The van der Waals surface area contributed by atoms with Crippen LogP contribution in [0.5, 0.6) is 5.75 Å². The highest BCUT2D eigenvalue weighted by Crippen LogP contribution is 2.40. The second-order valence-corrected chi connectivity index (χ2v) is 5.49. The molecule has 1 heterocycles. The van der Waals surface area contributed by atoms with E-state index in [1.165, 1.54) is 3.57 Å². The van der Waals surface area contributed by atoms with Crippen molar-refractivity contribution in [3.63, 3.8) is 0 Å². The molecule has 76 valence electrons. The van der Waals surface area contributed by atoms with Crippen LogP contribution in [0.1, 0.15) is 31.9 Å². The molecule has 0 bridgehead atoms. The molecule has 2 rings (SSSR count). The molecule has 0 spiro atoms. The molecule has 0 saturated carbocycles. The van der Waals surface area contributed by atoms with E-state index in [0.29, 0.717) is 0 Å². The quantitative estimate of drug-likeness (QED) is 0.748. The molecular formula is C11H14INO. The molecule has 0 aromatic heterocycles. The summed E-state index contributed by atoms with van der Waals surface area (Å²) < 4.78 is 7.08. The maximum Gasteiger partial charge on any atom is 0.125 e. The van der Waals surface area contributed by atoms with Gasteiger partial charge in [0.1, 0.15) is 11.4 Å². The molecule has 0 radical (unpaired) electrons. The van der Waals surface area contributed by atoms with Crippen LogP contribution in [0.3, 0.4) is 0 Å². The number of hydrogen-bond donors (Lipinski definition) is 1. The Kier molecular flexibility index (Phi) is 2.47. The zero-order chi connectivity index (χ0) is 10.3. The van der Waals surface area contributed by atoms with E-state index < -0.39 is 0 Å². The number of fused-ring (bicyclic) bond motifs is 1. The molecule has 1 aliphatic rings. The summed E-state index contributed by atoms with van der Waals surface area (Å²) >= 11 is 2.31. The van der Waals surface area contributed by atoms with Crippen molar-refractivity contribution in [2.24, 2.45) is 5.73 Å². The Labute approximate surface area is 98.0 Å². The van der Waals surface area contributed by atoms with E-state index in [1.54, 1.807) is 0 Å². The van der Waals surface area contributed by atoms with E-state index in [2.05, 4.69) is 42.5 Å². The predicted molar refractivity (Wildman–Crippen MR) is 65.4 cm³/mol. The highest BCUT2D eigenvalue weighted by molar-refractivity contribution is 14.1. The third-order valence-electron chi connectivity index (χ3n) is 2.48. The first kappa shape index (κ1) is 10.2. The van der Waals surface area contributed by atoms with Crippen molar-refractivity contribution in [2.75, 3.05) is 0 Å². The number of rotatable bonds is 0. The molecule has 0 unspecified atom stereocenters. The monoisotopic (exact) mass is 303 g/mol. The van der Waals surface area contributed by atoms with E-state index in [9.17, 15) is 0 Å². The van der Waals surface area contributed by atoms with Crippen LogP contribution < -0.4 is 10.5 Å². The molecule has 1 aromatic carbocycles. The first-order chi connectivity index (χ1) is 6.49. The van der Waals surface area contributed by atoms with Gasteiger partial charge in [-0.05, 0) is 48.6 Å². The Balaban J connectivity index is 2.50. The Morgan fingerprint density at radius 2 is 2.21 bits per heavy atom. The van der Waals surface area contributed by atoms with Crippen LogP contribution in [0.15, 0.2) is 18.2 Å². The van der Waals surface area contributed by atoms with Gasteiger partial charge in [-0.2, -0.15) is 0 Å². The molecule has 1 aromatic rings. The molecule has 2 nitrogen and oxygen atoms in total. The summed E-state index contributed by atoms with van der Waals surface area (Å²) in [4.78, 5) is 0. The zero-order valence-electron chi connectivity index (χ0n) is 8.38. The van der Waals surface area contributed by atoms with E-state index in [0.717, 1.165) is 17.7 Å². The molecule has 2 N–H and O–H groups in total. The van der Waals surface area contributed by atoms with E-state index in [4.69, 9.17) is 10.5 Å². The van der Waals surface area contributed by atoms with Gasteiger partial charge in [0.25, 0.3) is 0 Å². The van der Waals surface area contributed by atoms with Gasteiger partial charge in [0.05, 0.1) is 0 Å². The average Bonchev–Trinajstić information content (AvgIpc) is 2.00. The van der Waals surface area contributed by atoms with Crippen LogP contribution in [0.4, 0.5) is 0 Å². The third kappa shape index (κ3) is 1.75. The highest BCUT2D eigenvalue weighted by Gasteiger charge is 2.32. The summed E-state index contributed by atoms with van der Waals surface area (Å²) in [5.41, 5.74) is 7.16. The van der Waals surface area contributed by atoms with Crippen LogP contribution in [-0.2, 0) is 0 Å². The topological polar surface area (TPSA) is 35.2 Å². The summed E-state index contributed by atoms with van der Waals surface area (Å²) in [5, 5.41) is 0. The van der Waals surface area contributed by atoms with Crippen molar-refractivity contribution in [3.05, 3.63) is 27.3 Å². The van der Waals surface area contributed by atoms with Crippen molar-refractivity contribution in [3.8, 4) is 5.75 Å². The zero-order valence-corrected chi connectivity index (χ0v) is 10.5. The Hall–Kier alpha value is -0.290. The first-order valence-corrected chi connectivity index (χ1v) is 5.80. The maximum atomic E-state index is 6.14. The minimum atomic E-state index is -0.142. The second-order valence-electron chi connectivity index (χ2n) is 4.32. The standard InChI is InChI=1S/C11H14INO/c1-11(2)6-8(13)10-7(12)4-3-5-9(10)14-11/h3-5,8H,6,13H2,1-2H3/t8-/m1/s1. The Morgan fingerprint density at radius 3 is 2.93 bits per heavy atom. The minimum Gasteiger partial charge on any atom is -0.487 e. The first-order valence-electron chi connectivity index (χ1n) is 4.73. The molecule has 0 aliphatic carbocycles. The van der Waals surface area contributed by atoms with Gasteiger partial charge in [0.15, 0.2) is 0 Å². The molecule has 1 aliphatic heterocycles. The summed E-state index contributed by atoms with van der Waals surface area (Å²) in [5.74, 6) is 0.945. The average molecular weight is 303 g/mol. The fourth-order valence-corrected chi connectivity index (χ4v) is 2.81. The normalized spacial score (nSPS) is 23.9. The van der Waals surface area contributed by atoms with Crippen molar-refractivity contribution >= 4 is 22.6 Å².